The Morgan fingerprint density at radius 1 is 1.10 bits per heavy atom. The SMILES string of the molecule is C=CC(=O)C[C@H]1COC[C@H]1Nc1ncc2cc(-c3c(Cl)c(OC)cc(OC)c3Cl)nc(Nc3ccccc3)c2n1. The van der Waals surface area contributed by atoms with Gasteiger partial charge in [-0.3, -0.25) is 4.79 Å². The Bertz CT molecular complexity index is 1540. The highest BCUT2D eigenvalue weighted by molar-refractivity contribution is 6.41. The van der Waals surface area contributed by atoms with Crippen LogP contribution in [0.25, 0.3) is 22.2 Å². The number of hydrogen-bond donors (Lipinski definition) is 2. The van der Waals surface area contributed by atoms with Crippen molar-refractivity contribution < 1.29 is 19.0 Å². The van der Waals surface area contributed by atoms with Crippen molar-refractivity contribution >= 4 is 57.3 Å². The predicted octanol–water partition coefficient (Wildman–Crippen LogP) is 6.33. The summed E-state index contributed by atoms with van der Waals surface area (Å²) in [5.41, 5.74) is 2.33. The number of fused-ring (bicyclic) bond motifs is 1. The lowest BCUT2D eigenvalue weighted by molar-refractivity contribution is -0.115. The van der Waals surface area contributed by atoms with E-state index in [1.807, 2.05) is 36.4 Å². The van der Waals surface area contributed by atoms with Crippen molar-refractivity contribution in [2.45, 2.75) is 12.5 Å². The number of nitrogens with zero attached hydrogens (tertiary/aromatic N) is 3. The molecule has 2 atom stereocenters. The lowest BCUT2D eigenvalue weighted by Gasteiger charge is -2.19. The molecule has 2 aromatic heterocycles. The first-order valence-corrected chi connectivity index (χ1v) is 13.3. The number of pyridine rings is 1. The Labute approximate surface area is 241 Å². The van der Waals surface area contributed by atoms with E-state index < -0.39 is 0 Å². The van der Waals surface area contributed by atoms with E-state index in [0.717, 1.165) is 5.69 Å². The van der Waals surface area contributed by atoms with Crippen LogP contribution in [0.4, 0.5) is 17.5 Å². The molecule has 2 aromatic carbocycles. The van der Waals surface area contributed by atoms with Crippen molar-refractivity contribution in [3.63, 3.8) is 0 Å². The first kappa shape index (κ1) is 27.6. The van der Waals surface area contributed by atoms with Gasteiger partial charge in [0.25, 0.3) is 0 Å². The summed E-state index contributed by atoms with van der Waals surface area (Å²) >= 11 is 13.4. The molecule has 1 fully saturated rings. The number of halogens is 2. The van der Waals surface area contributed by atoms with Crippen LogP contribution in [0.3, 0.4) is 0 Å². The monoisotopic (exact) mass is 579 g/mol. The van der Waals surface area contributed by atoms with Crippen molar-refractivity contribution in [1.82, 2.24) is 15.0 Å². The van der Waals surface area contributed by atoms with Crippen molar-refractivity contribution in [3.05, 3.63) is 71.4 Å². The fourth-order valence-electron chi connectivity index (χ4n) is 4.56. The second-order valence-corrected chi connectivity index (χ2v) is 9.94. The van der Waals surface area contributed by atoms with Crippen LogP contribution in [0, 0.1) is 5.92 Å². The molecule has 0 amide bonds. The van der Waals surface area contributed by atoms with Gasteiger partial charge < -0.3 is 24.8 Å². The van der Waals surface area contributed by atoms with Gasteiger partial charge in [-0.05, 0) is 24.3 Å². The van der Waals surface area contributed by atoms with E-state index in [2.05, 4.69) is 22.2 Å². The number of anilines is 3. The van der Waals surface area contributed by atoms with Crippen LogP contribution in [0.5, 0.6) is 11.5 Å². The van der Waals surface area contributed by atoms with Crippen LogP contribution < -0.4 is 20.1 Å². The zero-order chi connectivity index (χ0) is 28.2. The largest absolute Gasteiger partial charge is 0.495 e. The number of allylic oxidation sites excluding steroid dienone is 1. The summed E-state index contributed by atoms with van der Waals surface area (Å²) in [4.78, 5) is 26.2. The molecule has 4 aromatic rings. The van der Waals surface area contributed by atoms with Crippen LogP contribution in [0.1, 0.15) is 6.42 Å². The summed E-state index contributed by atoms with van der Waals surface area (Å²) in [6, 6.07) is 12.9. The molecule has 1 aliphatic heterocycles. The van der Waals surface area contributed by atoms with Crippen molar-refractivity contribution in [3.8, 4) is 22.8 Å². The van der Waals surface area contributed by atoms with Gasteiger partial charge >= 0.3 is 0 Å². The molecule has 0 spiro atoms. The van der Waals surface area contributed by atoms with E-state index in [-0.39, 0.29) is 17.7 Å². The first-order chi connectivity index (χ1) is 19.4. The molecule has 1 aliphatic rings. The number of aromatic nitrogens is 3. The maximum absolute atomic E-state index is 12.0. The number of hydrogen-bond acceptors (Lipinski definition) is 9. The van der Waals surface area contributed by atoms with Gasteiger partial charge in [-0.15, -0.1) is 0 Å². The molecule has 0 aliphatic carbocycles. The van der Waals surface area contributed by atoms with Crippen molar-refractivity contribution in [2.24, 2.45) is 5.92 Å². The van der Waals surface area contributed by atoms with Crippen LogP contribution >= 0.6 is 23.2 Å². The van der Waals surface area contributed by atoms with Gasteiger partial charge in [0, 0.05) is 41.2 Å². The number of para-hydroxylation sites is 1. The van der Waals surface area contributed by atoms with E-state index >= 15 is 0 Å². The molecule has 0 unspecified atom stereocenters. The van der Waals surface area contributed by atoms with E-state index in [4.69, 9.17) is 47.4 Å². The van der Waals surface area contributed by atoms with Gasteiger partial charge in [-0.2, -0.15) is 0 Å². The van der Waals surface area contributed by atoms with Crippen LogP contribution in [-0.2, 0) is 9.53 Å². The Morgan fingerprint density at radius 2 is 1.82 bits per heavy atom. The van der Waals surface area contributed by atoms with Gasteiger partial charge in [-0.25, -0.2) is 15.0 Å². The Morgan fingerprint density at radius 3 is 2.50 bits per heavy atom. The Balaban J connectivity index is 1.60. The summed E-state index contributed by atoms with van der Waals surface area (Å²) in [5.74, 6) is 1.62. The third-order valence-corrected chi connectivity index (χ3v) is 7.39. The molecule has 40 heavy (non-hydrogen) atoms. The topological polar surface area (TPSA) is 107 Å². The molecule has 11 heteroatoms. The minimum absolute atomic E-state index is 0.0143. The van der Waals surface area contributed by atoms with Gasteiger partial charge in [0.15, 0.2) is 11.6 Å². The molecule has 0 bridgehead atoms. The second kappa shape index (κ2) is 12.1. The average Bonchev–Trinajstić information content (AvgIpc) is 3.40. The second-order valence-electron chi connectivity index (χ2n) is 9.19. The van der Waals surface area contributed by atoms with Gasteiger partial charge in [0.1, 0.15) is 17.0 Å². The molecule has 1 saturated heterocycles. The maximum atomic E-state index is 12.0. The summed E-state index contributed by atoms with van der Waals surface area (Å²) in [7, 11) is 3.04. The van der Waals surface area contributed by atoms with Gasteiger partial charge in [0.2, 0.25) is 5.95 Å². The third-order valence-electron chi connectivity index (χ3n) is 6.64. The highest BCUT2D eigenvalue weighted by Gasteiger charge is 2.30. The number of nitrogens with one attached hydrogen (secondary N) is 2. The van der Waals surface area contributed by atoms with Crippen LogP contribution in [-0.4, -0.2) is 54.2 Å². The average molecular weight is 580 g/mol. The zero-order valence-corrected chi connectivity index (χ0v) is 23.4. The van der Waals surface area contributed by atoms with E-state index in [0.29, 0.717) is 75.1 Å². The lowest BCUT2D eigenvalue weighted by atomic mass is 9.97. The number of carbonyl (C=O) groups is 1. The quantitative estimate of drug-likeness (QED) is 0.208. The molecule has 5 rings (SSSR count). The number of carbonyl (C=O) groups excluding carboxylic acids is 1. The summed E-state index contributed by atoms with van der Waals surface area (Å²) < 4.78 is 16.5. The highest BCUT2D eigenvalue weighted by Crippen LogP contribution is 2.46. The number of ether oxygens (including phenoxy) is 3. The first-order valence-electron chi connectivity index (χ1n) is 12.5. The summed E-state index contributed by atoms with van der Waals surface area (Å²) in [6.45, 7) is 4.49. The number of ketones is 1. The molecule has 0 radical (unpaired) electrons. The highest BCUT2D eigenvalue weighted by atomic mass is 35.5. The predicted molar refractivity (Wildman–Crippen MR) is 157 cm³/mol. The molecule has 0 saturated carbocycles. The van der Waals surface area contributed by atoms with Crippen molar-refractivity contribution in [2.75, 3.05) is 38.1 Å². The lowest BCUT2D eigenvalue weighted by Crippen LogP contribution is -2.30. The molecule has 206 valence electrons. The summed E-state index contributed by atoms with van der Waals surface area (Å²) in [5, 5.41) is 7.99. The Kier molecular flexibility index (Phi) is 8.35. The Hall–Kier alpha value is -3.92. The fourth-order valence-corrected chi connectivity index (χ4v) is 5.25. The minimum atomic E-state index is -0.124. The third kappa shape index (κ3) is 5.67. The van der Waals surface area contributed by atoms with Gasteiger partial charge in [-0.1, -0.05) is 48.0 Å². The number of benzene rings is 2. The molecule has 9 nitrogen and oxygen atoms in total. The molecule has 2 N–H and O–H groups in total. The van der Waals surface area contributed by atoms with E-state index in [1.54, 1.807) is 12.3 Å². The fraction of sp³-hybridized carbons (Fsp3) is 0.241. The van der Waals surface area contributed by atoms with Crippen LogP contribution in [0.2, 0.25) is 10.0 Å². The van der Waals surface area contributed by atoms with Crippen LogP contribution in [0.15, 0.2) is 61.3 Å². The summed E-state index contributed by atoms with van der Waals surface area (Å²) in [6.07, 6.45) is 3.38. The van der Waals surface area contributed by atoms with E-state index in [1.165, 1.54) is 20.3 Å². The number of methoxy groups -OCH3 is 2. The van der Waals surface area contributed by atoms with Crippen molar-refractivity contribution in [1.29, 1.82) is 0 Å². The molecular weight excluding hydrogens is 553 g/mol. The maximum Gasteiger partial charge on any atom is 0.223 e. The van der Waals surface area contributed by atoms with E-state index in [9.17, 15) is 4.79 Å². The zero-order valence-electron chi connectivity index (χ0n) is 21.9. The standard InChI is InChI=1S/C29H27Cl2N5O4/c1-4-19(37)10-17-14-40-15-21(17)35-29-32-13-16-11-20(24-25(30)22(38-2)12-23(39-3)26(24)31)34-28(27(16)36-29)33-18-8-6-5-7-9-18/h4-9,11-13,17,21H,1,10,14-15H2,2-3H3,(H,33,34)(H,32,35,36)/t17-,21+/m0/s1. The minimum Gasteiger partial charge on any atom is -0.495 e. The molecule has 3 heterocycles. The smallest absolute Gasteiger partial charge is 0.223 e. The van der Waals surface area contributed by atoms with Gasteiger partial charge in [0.05, 0.1) is 49.2 Å². The number of rotatable bonds is 10. The normalized spacial score (nSPS) is 16.5. The molecular formula is C29H27Cl2N5O4.